The van der Waals surface area contributed by atoms with Crippen LogP contribution in [0.4, 0.5) is 0 Å². The van der Waals surface area contributed by atoms with Crippen molar-refractivity contribution in [3.8, 4) is 0 Å². The number of carbonyl (C=O) groups excluding carboxylic acids is 1. The van der Waals surface area contributed by atoms with Crippen LogP contribution in [0.15, 0.2) is 32.2 Å². The summed E-state index contributed by atoms with van der Waals surface area (Å²) in [5.74, 6) is 2.56. The van der Waals surface area contributed by atoms with E-state index < -0.39 is 0 Å². The van der Waals surface area contributed by atoms with Gasteiger partial charge in [-0.2, -0.15) is 0 Å². The van der Waals surface area contributed by atoms with Crippen molar-refractivity contribution in [1.29, 1.82) is 0 Å². The Bertz CT molecular complexity index is 729. The molecule has 2 aromatic rings. The Labute approximate surface area is 169 Å². The van der Waals surface area contributed by atoms with E-state index >= 15 is 0 Å². The Kier molecular flexibility index (Phi) is 7.06. The maximum Gasteiger partial charge on any atom is 0.289 e. The van der Waals surface area contributed by atoms with Crippen molar-refractivity contribution in [2.45, 2.75) is 20.4 Å². The van der Waals surface area contributed by atoms with E-state index in [1.165, 1.54) is 6.26 Å². The second-order valence-corrected chi connectivity index (χ2v) is 5.91. The first-order chi connectivity index (χ1) is 12.1. The summed E-state index contributed by atoms with van der Waals surface area (Å²) in [6.07, 6.45) is 1.52. The van der Waals surface area contributed by atoms with Gasteiger partial charge in [-0.25, -0.2) is 4.98 Å². The monoisotopic (exact) mass is 473 g/mol. The summed E-state index contributed by atoms with van der Waals surface area (Å²) in [7, 11) is 1.74. The average Bonchev–Trinajstić information content (AvgIpc) is 3.26. The van der Waals surface area contributed by atoms with Crippen LogP contribution in [0.2, 0.25) is 0 Å². The van der Waals surface area contributed by atoms with Gasteiger partial charge in [-0.1, -0.05) is 0 Å². The highest BCUT2D eigenvalue weighted by Gasteiger charge is 2.25. The summed E-state index contributed by atoms with van der Waals surface area (Å²) >= 11 is 0. The molecule has 0 aromatic carbocycles. The lowest BCUT2D eigenvalue weighted by Gasteiger charge is -2.36. The normalized spacial score (nSPS) is 15.0. The van der Waals surface area contributed by atoms with Crippen LogP contribution in [0.25, 0.3) is 0 Å². The number of piperazine rings is 1. The first-order valence-electron chi connectivity index (χ1n) is 8.29. The molecule has 0 bridgehead atoms. The molecule has 1 amide bonds. The molecule has 8 nitrogen and oxygen atoms in total. The maximum absolute atomic E-state index is 12.3. The number of carbonyl (C=O) groups is 1. The van der Waals surface area contributed by atoms with Gasteiger partial charge in [-0.05, 0) is 26.0 Å². The van der Waals surface area contributed by atoms with Crippen LogP contribution in [0.1, 0.15) is 27.9 Å². The summed E-state index contributed by atoms with van der Waals surface area (Å²) in [6.45, 7) is 6.95. The number of aromatic nitrogens is 1. The van der Waals surface area contributed by atoms with E-state index in [2.05, 4.69) is 20.2 Å². The number of oxazole rings is 1. The molecule has 1 N–H and O–H groups in total. The summed E-state index contributed by atoms with van der Waals surface area (Å²) in [5.41, 5.74) is 0.900. The fourth-order valence-electron chi connectivity index (χ4n) is 2.78. The van der Waals surface area contributed by atoms with Crippen LogP contribution < -0.4 is 5.32 Å². The van der Waals surface area contributed by atoms with Crippen molar-refractivity contribution in [2.24, 2.45) is 4.99 Å². The van der Waals surface area contributed by atoms with Crippen LogP contribution in [0, 0.1) is 13.8 Å². The van der Waals surface area contributed by atoms with Gasteiger partial charge in [-0.15, -0.1) is 24.0 Å². The lowest BCUT2D eigenvalue weighted by atomic mass is 10.3. The van der Waals surface area contributed by atoms with Gasteiger partial charge < -0.3 is 24.0 Å². The summed E-state index contributed by atoms with van der Waals surface area (Å²) in [5, 5.41) is 3.27. The lowest BCUT2D eigenvalue weighted by molar-refractivity contribution is 0.0657. The number of aliphatic imine (C=N–C) groups is 1. The number of aryl methyl sites for hydroxylation is 2. The highest BCUT2D eigenvalue weighted by molar-refractivity contribution is 14.0. The zero-order valence-electron chi connectivity index (χ0n) is 15.2. The third kappa shape index (κ3) is 4.57. The fourth-order valence-corrected chi connectivity index (χ4v) is 2.78. The van der Waals surface area contributed by atoms with Crippen LogP contribution >= 0.6 is 24.0 Å². The SMILES string of the molecule is CN=C(NCc1nc(C)c(C)o1)N1CCN(C(=O)c2ccco2)CC1.I. The zero-order valence-corrected chi connectivity index (χ0v) is 17.5. The van der Waals surface area contributed by atoms with Crippen LogP contribution in [-0.4, -0.2) is 59.9 Å². The summed E-state index contributed by atoms with van der Waals surface area (Å²) in [4.78, 5) is 24.9. The number of halogens is 1. The van der Waals surface area contributed by atoms with E-state index in [9.17, 15) is 4.79 Å². The van der Waals surface area contributed by atoms with Gasteiger partial charge in [0.05, 0.1) is 18.5 Å². The molecule has 0 spiro atoms. The number of amides is 1. The Morgan fingerprint density at radius 1 is 1.27 bits per heavy atom. The largest absolute Gasteiger partial charge is 0.459 e. The molecule has 1 fully saturated rings. The Hall–Kier alpha value is -2.04. The Balaban J connectivity index is 0.00000243. The van der Waals surface area contributed by atoms with Gasteiger partial charge in [0.15, 0.2) is 11.7 Å². The highest BCUT2D eigenvalue weighted by Crippen LogP contribution is 2.11. The van der Waals surface area contributed by atoms with E-state index in [0.717, 1.165) is 17.4 Å². The predicted molar refractivity (Wildman–Crippen MR) is 108 cm³/mol. The van der Waals surface area contributed by atoms with Gasteiger partial charge in [0, 0.05) is 33.2 Å². The Morgan fingerprint density at radius 3 is 2.50 bits per heavy atom. The standard InChI is InChI=1S/C17H23N5O3.HI/c1-12-13(2)25-15(20-12)11-19-17(18-3)22-8-6-21(7-9-22)16(23)14-5-4-10-24-14;/h4-5,10H,6-9,11H2,1-3H3,(H,18,19);1H. The minimum absolute atomic E-state index is 0. The van der Waals surface area contributed by atoms with Gasteiger partial charge in [-0.3, -0.25) is 9.79 Å². The predicted octanol–water partition coefficient (Wildman–Crippen LogP) is 2.04. The quantitative estimate of drug-likeness (QED) is 0.417. The average molecular weight is 473 g/mol. The number of nitrogens with one attached hydrogen (secondary N) is 1. The minimum Gasteiger partial charge on any atom is -0.459 e. The van der Waals surface area contributed by atoms with Gasteiger partial charge in [0.25, 0.3) is 5.91 Å². The van der Waals surface area contributed by atoms with E-state index in [-0.39, 0.29) is 29.9 Å². The number of furan rings is 1. The molecule has 0 radical (unpaired) electrons. The molecule has 3 heterocycles. The zero-order chi connectivity index (χ0) is 17.8. The van der Waals surface area contributed by atoms with E-state index in [1.54, 1.807) is 24.1 Å². The fraction of sp³-hybridized carbons (Fsp3) is 0.471. The first kappa shape index (κ1) is 20.3. The molecule has 0 aliphatic carbocycles. The lowest BCUT2D eigenvalue weighted by Crippen LogP contribution is -2.53. The third-order valence-electron chi connectivity index (χ3n) is 4.28. The molecule has 0 unspecified atom stereocenters. The molecule has 0 saturated carbocycles. The van der Waals surface area contributed by atoms with Gasteiger partial charge in [0.1, 0.15) is 5.76 Å². The highest BCUT2D eigenvalue weighted by atomic mass is 127. The van der Waals surface area contributed by atoms with Crippen LogP contribution in [-0.2, 0) is 6.54 Å². The molecule has 26 heavy (non-hydrogen) atoms. The maximum atomic E-state index is 12.3. The first-order valence-corrected chi connectivity index (χ1v) is 8.29. The smallest absolute Gasteiger partial charge is 0.289 e. The topological polar surface area (TPSA) is 87.1 Å². The van der Waals surface area contributed by atoms with Crippen molar-refractivity contribution in [2.75, 3.05) is 33.2 Å². The number of hydrogen-bond acceptors (Lipinski definition) is 5. The second kappa shape index (κ2) is 9.06. The molecular formula is C17H24IN5O3. The third-order valence-corrected chi connectivity index (χ3v) is 4.28. The molecular weight excluding hydrogens is 449 g/mol. The van der Waals surface area contributed by atoms with Crippen molar-refractivity contribution < 1.29 is 13.6 Å². The molecule has 3 rings (SSSR count). The van der Waals surface area contributed by atoms with Crippen LogP contribution in [0.3, 0.4) is 0 Å². The van der Waals surface area contributed by atoms with Crippen molar-refractivity contribution >= 4 is 35.8 Å². The van der Waals surface area contributed by atoms with E-state index in [1.807, 2.05) is 13.8 Å². The van der Waals surface area contributed by atoms with Crippen molar-refractivity contribution in [1.82, 2.24) is 20.1 Å². The van der Waals surface area contributed by atoms with Gasteiger partial charge in [0.2, 0.25) is 5.89 Å². The Morgan fingerprint density at radius 2 is 1.96 bits per heavy atom. The number of rotatable bonds is 3. The molecule has 142 valence electrons. The molecule has 1 aliphatic rings. The number of guanidine groups is 1. The molecule has 1 saturated heterocycles. The summed E-state index contributed by atoms with van der Waals surface area (Å²) < 4.78 is 10.8. The van der Waals surface area contributed by atoms with Crippen LogP contribution in [0.5, 0.6) is 0 Å². The second-order valence-electron chi connectivity index (χ2n) is 5.91. The number of hydrogen-bond donors (Lipinski definition) is 1. The molecule has 2 aromatic heterocycles. The summed E-state index contributed by atoms with van der Waals surface area (Å²) in [6, 6.07) is 3.41. The van der Waals surface area contributed by atoms with Crippen molar-refractivity contribution in [3.63, 3.8) is 0 Å². The molecule has 0 atom stereocenters. The van der Waals surface area contributed by atoms with Gasteiger partial charge >= 0.3 is 0 Å². The molecule has 9 heteroatoms. The van der Waals surface area contributed by atoms with Crippen molar-refractivity contribution in [3.05, 3.63) is 41.5 Å². The molecule has 1 aliphatic heterocycles. The van der Waals surface area contributed by atoms with E-state index in [4.69, 9.17) is 8.83 Å². The minimum atomic E-state index is -0.0710. The number of nitrogens with zero attached hydrogens (tertiary/aromatic N) is 4. The van der Waals surface area contributed by atoms with E-state index in [0.29, 0.717) is 44.4 Å².